The average molecular weight is 302 g/mol. The van der Waals surface area contributed by atoms with E-state index < -0.39 is 0 Å². The van der Waals surface area contributed by atoms with E-state index in [1.165, 1.54) is 0 Å². The molecule has 0 saturated carbocycles. The van der Waals surface area contributed by atoms with E-state index in [9.17, 15) is 4.79 Å². The number of nitrogens with zero attached hydrogens (tertiary/aromatic N) is 3. The highest BCUT2D eigenvalue weighted by atomic mass is 32.1. The third kappa shape index (κ3) is 2.63. The number of anilines is 1. The molecule has 3 heterocycles. The van der Waals surface area contributed by atoms with Gasteiger partial charge in [0.05, 0.1) is 22.3 Å². The summed E-state index contributed by atoms with van der Waals surface area (Å²) in [5.41, 5.74) is 1.64. The number of hydrogen-bond acceptors (Lipinski definition) is 5. The van der Waals surface area contributed by atoms with Crippen LogP contribution in [0.15, 0.2) is 23.7 Å². The zero-order valence-electron chi connectivity index (χ0n) is 12.2. The number of aromatic nitrogens is 2. The number of nitrogens with one attached hydrogen (secondary N) is 1. The molecule has 0 spiro atoms. The van der Waals surface area contributed by atoms with Crippen molar-refractivity contribution in [2.24, 2.45) is 0 Å². The van der Waals surface area contributed by atoms with Crippen molar-refractivity contribution in [2.45, 2.75) is 25.8 Å². The largest absolute Gasteiger partial charge is 0.372 e. The molecule has 0 unspecified atom stereocenters. The second kappa shape index (κ2) is 5.81. The van der Waals surface area contributed by atoms with Crippen molar-refractivity contribution >= 4 is 23.1 Å². The van der Waals surface area contributed by atoms with E-state index >= 15 is 0 Å². The Balaban J connectivity index is 1.89. The van der Waals surface area contributed by atoms with Gasteiger partial charge in [0, 0.05) is 25.2 Å². The maximum Gasteiger partial charge on any atom is 0.258 e. The lowest BCUT2D eigenvalue weighted by Crippen LogP contribution is -2.31. The molecule has 1 amide bonds. The van der Waals surface area contributed by atoms with Gasteiger partial charge in [-0.3, -0.25) is 4.79 Å². The second-order valence-corrected chi connectivity index (χ2v) is 6.16. The van der Waals surface area contributed by atoms with Crippen molar-refractivity contribution < 1.29 is 4.79 Å². The molecular formula is C15H18N4OS. The number of likely N-dealkylation sites (tertiary alicyclic amines) is 1. The first-order chi connectivity index (χ1) is 10.2. The minimum absolute atomic E-state index is 0.0283. The summed E-state index contributed by atoms with van der Waals surface area (Å²) in [6.45, 7) is 2.77. The van der Waals surface area contributed by atoms with Gasteiger partial charge in [0.15, 0.2) is 0 Å². The fourth-order valence-corrected chi connectivity index (χ4v) is 3.44. The van der Waals surface area contributed by atoms with Crippen LogP contribution in [0.4, 0.5) is 5.82 Å². The molecule has 0 radical (unpaired) electrons. The third-order valence-corrected chi connectivity index (χ3v) is 4.56. The molecule has 1 atom stereocenters. The topological polar surface area (TPSA) is 58.1 Å². The SMILES string of the molecule is CNc1ncccc1C(=O)N1CCC[C@@H]1c1csc(C)n1. The van der Waals surface area contributed by atoms with Crippen LogP contribution in [0.3, 0.4) is 0 Å². The van der Waals surface area contributed by atoms with Gasteiger partial charge in [0.2, 0.25) is 0 Å². The van der Waals surface area contributed by atoms with Crippen molar-refractivity contribution in [3.63, 3.8) is 0 Å². The normalized spacial score (nSPS) is 18.0. The van der Waals surface area contributed by atoms with Gasteiger partial charge in [-0.15, -0.1) is 11.3 Å². The number of carbonyl (C=O) groups excluding carboxylic acids is 1. The lowest BCUT2D eigenvalue weighted by Gasteiger charge is -2.24. The number of hydrogen-bond donors (Lipinski definition) is 1. The number of pyridine rings is 1. The van der Waals surface area contributed by atoms with Crippen molar-refractivity contribution in [3.8, 4) is 0 Å². The molecule has 2 aromatic heterocycles. The first-order valence-electron chi connectivity index (χ1n) is 7.06. The number of thiazole rings is 1. The smallest absolute Gasteiger partial charge is 0.258 e. The van der Waals surface area contributed by atoms with Crippen molar-refractivity contribution in [1.82, 2.24) is 14.9 Å². The molecule has 1 aliphatic rings. The van der Waals surface area contributed by atoms with E-state index in [-0.39, 0.29) is 11.9 Å². The second-order valence-electron chi connectivity index (χ2n) is 5.10. The Bertz CT molecular complexity index is 655. The summed E-state index contributed by atoms with van der Waals surface area (Å²) in [5, 5.41) is 6.09. The van der Waals surface area contributed by atoms with E-state index in [2.05, 4.69) is 20.7 Å². The minimum atomic E-state index is 0.0283. The van der Waals surface area contributed by atoms with E-state index in [1.807, 2.05) is 17.9 Å². The fraction of sp³-hybridized carbons (Fsp3) is 0.400. The number of aryl methyl sites for hydroxylation is 1. The first-order valence-corrected chi connectivity index (χ1v) is 7.94. The van der Waals surface area contributed by atoms with Crippen LogP contribution in [0.5, 0.6) is 0 Å². The Morgan fingerprint density at radius 2 is 2.38 bits per heavy atom. The van der Waals surface area contributed by atoms with Gasteiger partial charge in [-0.25, -0.2) is 9.97 Å². The van der Waals surface area contributed by atoms with Gasteiger partial charge in [-0.05, 0) is 31.9 Å². The summed E-state index contributed by atoms with van der Waals surface area (Å²) in [6.07, 6.45) is 3.68. The molecule has 0 aliphatic carbocycles. The van der Waals surface area contributed by atoms with Crippen LogP contribution in [0.25, 0.3) is 0 Å². The molecule has 6 heteroatoms. The van der Waals surface area contributed by atoms with Gasteiger partial charge in [-0.2, -0.15) is 0 Å². The predicted molar refractivity (Wildman–Crippen MR) is 83.6 cm³/mol. The van der Waals surface area contributed by atoms with Crippen LogP contribution in [-0.4, -0.2) is 34.4 Å². The molecule has 1 saturated heterocycles. The van der Waals surface area contributed by atoms with E-state index in [1.54, 1.807) is 30.6 Å². The molecular weight excluding hydrogens is 284 g/mol. The summed E-state index contributed by atoms with van der Waals surface area (Å²) >= 11 is 1.63. The van der Waals surface area contributed by atoms with E-state index in [4.69, 9.17) is 0 Å². The van der Waals surface area contributed by atoms with Crippen LogP contribution in [-0.2, 0) is 0 Å². The molecule has 1 fully saturated rings. The van der Waals surface area contributed by atoms with Gasteiger partial charge in [0.1, 0.15) is 5.82 Å². The molecule has 2 aromatic rings. The summed E-state index contributed by atoms with van der Waals surface area (Å²) in [7, 11) is 1.78. The third-order valence-electron chi connectivity index (χ3n) is 3.77. The Morgan fingerprint density at radius 3 is 3.10 bits per heavy atom. The molecule has 1 N–H and O–H groups in total. The lowest BCUT2D eigenvalue weighted by molar-refractivity contribution is 0.0734. The Morgan fingerprint density at radius 1 is 1.52 bits per heavy atom. The highest BCUT2D eigenvalue weighted by Gasteiger charge is 2.33. The molecule has 1 aliphatic heterocycles. The van der Waals surface area contributed by atoms with Crippen LogP contribution < -0.4 is 5.32 Å². The molecule has 0 bridgehead atoms. The molecule has 5 nitrogen and oxygen atoms in total. The number of carbonyl (C=O) groups is 1. The lowest BCUT2D eigenvalue weighted by atomic mass is 10.1. The standard InChI is InChI=1S/C15H18N4OS/c1-10-18-12(9-21-10)13-6-4-8-19(13)15(20)11-5-3-7-17-14(11)16-2/h3,5,7,9,13H,4,6,8H2,1-2H3,(H,16,17)/t13-/m1/s1. The summed E-state index contributed by atoms with van der Waals surface area (Å²) in [6, 6.07) is 3.71. The summed E-state index contributed by atoms with van der Waals surface area (Å²) in [5.74, 6) is 0.656. The summed E-state index contributed by atoms with van der Waals surface area (Å²) in [4.78, 5) is 23.5. The van der Waals surface area contributed by atoms with Gasteiger partial charge < -0.3 is 10.2 Å². The Labute approximate surface area is 128 Å². The number of amides is 1. The van der Waals surface area contributed by atoms with Gasteiger partial charge in [-0.1, -0.05) is 0 Å². The highest BCUT2D eigenvalue weighted by Crippen LogP contribution is 2.34. The zero-order valence-corrected chi connectivity index (χ0v) is 13.0. The molecule has 110 valence electrons. The van der Waals surface area contributed by atoms with Crippen LogP contribution in [0, 0.1) is 6.92 Å². The van der Waals surface area contributed by atoms with Crippen molar-refractivity contribution in [1.29, 1.82) is 0 Å². The molecule has 21 heavy (non-hydrogen) atoms. The number of rotatable bonds is 3. The van der Waals surface area contributed by atoms with Crippen molar-refractivity contribution in [2.75, 3.05) is 18.9 Å². The quantitative estimate of drug-likeness (QED) is 0.947. The minimum Gasteiger partial charge on any atom is -0.372 e. The maximum absolute atomic E-state index is 12.8. The van der Waals surface area contributed by atoms with Crippen LogP contribution in [0.1, 0.15) is 39.9 Å². The fourth-order valence-electron chi connectivity index (χ4n) is 2.78. The Kier molecular flexibility index (Phi) is 3.88. The monoisotopic (exact) mass is 302 g/mol. The molecule has 0 aromatic carbocycles. The maximum atomic E-state index is 12.8. The van der Waals surface area contributed by atoms with Gasteiger partial charge in [0.25, 0.3) is 5.91 Å². The average Bonchev–Trinajstić information content (AvgIpc) is 3.14. The van der Waals surface area contributed by atoms with Crippen LogP contribution in [0.2, 0.25) is 0 Å². The van der Waals surface area contributed by atoms with Crippen molar-refractivity contribution in [3.05, 3.63) is 40.0 Å². The van der Waals surface area contributed by atoms with E-state index in [0.717, 1.165) is 30.1 Å². The summed E-state index contributed by atoms with van der Waals surface area (Å²) < 4.78 is 0. The molecule has 3 rings (SSSR count). The van der Waals surface area contributed by atoms with E-state index in [0.29, 0.717) is 11.4 Å². The van der Waals surface area contributed by atoms with Crippen LogP contribution >= 0.6 is 11.3 Å². The first kappa shape index (κ1) is 14.0. The highest BCUT2D eigenvalue weighted by molar-refractivity contribution is 7.09. The van der Waals surface area contributed by atoms with Gasteiger partial charge >= 0.3 is 0 Å². The predicted octanol–water partition coefficient (Wildman–Crippen LogP) is 2.87. The zero-order chi connectivity index (χ0) is 14.8. The Hall–Kier alpha value is -1.95.